The molecule has 1 N–H and O–H groups in total. The van der Waals surface area contributed by atoms with Gasteiger partial charge in [-0.3, -0.25) is 14.9 Å². The Morgan fingerprint density at radius 3 is 2.59 bits per heavy atom. The summed E-state index contributed by atoms with van der Waals surface area (Å²) < 4.78 is 11.0. The van der Waals surface area contributed by atoms with Crippen LogP contribution in [-0.4, -0.2) is 24.5 Å². The minimum Gasteiger partial charge on any atom is -0.493 e. The summed E-state index contributed by atoms with van der Waals surface area (Å²) in [6, 6.07) is 9.47. The molecule has 0 bridgehead atoms. The number of amides is 1. The number of ether oxygens (including phenoxy) is 2. The van der Waals surface area contributed by atoms with Gasteiger partial charge in [-0.1, -0.05) is 19.9 Å². The summed E-state index contributed by atoms with van der Waals surface area (Å²) in [5.74, 6) is 1.17. The summed E-state index contributed by atoms with van der Waals surface area (Å²) in [5, 5.41) is 13.8. The van der Waals surface area contributed by atoms with E-state index in [0.717, 1.165) is 6.42 Å². The molecule has 2 rings (SSSR count). The van der Waals surface area contributed by atoms with Crippen LogP contribution in [0.1, 0.15) is 36.2 Å². The number of anilines is 1. The number of nitro benzene ring substituents is 1. The topological polar surface area (TPSA) is 90.7 Å². The zero-order valence-electron chi connectivity index (χ0n) is 15.9. The van der Waals surface area contributed by atoms with Crippen LogP contribution in [0.15, 0.2) is 36.4 Å². The Hall–Kier alpha value is -3.09. The van der Waals surface area contributed by atoms with Crippen LogP contribution in [0, 0.1) is 23.0 Å². The molecule has 0 heterocycles. The highest BCUT2D eigenvalue weighted by Gasteiger charge is 2.17. The van der Waals surface area contributed by atoms with Gasteiger partial charge in [0.15, 0.2) is 11.5 Å². The van der Waals surface area contributed by atoms with Crippen LogP contribution in [-0.2, 0) is 0 Å². The Morgan fingerprint density at radius 1 is 1.22 bits per heavy atom. The van der Waals surface area contributed by atoms with E-state index in [1.54, 1.807) is 31.2 Å². The molecule has 0 radical (unpaired) electrons. The number of carbonyl (C=O) groups excluding carboxylic acids is 1. The first-order chi connectivity index (χ1) is 12.8. The molecule has 0 atom stereocenters. The molecule has 0 aliphatic carbocycles. The Labute approximate surface area is 158 Å². The van der Waals surface area contributed by atoms with Crippen molar-refractivity contribution < 1.29 is 19.2 Å². The molecule has 2 aromatic carbocycles. The van der Waals surface area contributed by atoms with Crippen LogP contribution in [0.3, 0.4) is 0 Å². The molecule has 0 aliphatic heterocycles. The smallest absolute Gasteiger partial charge is 0.274 e. The van der Waals surface area contributed by atoms with Gasteiger partial charge in [0.05, 0.1) is 29.9 Å². The first-order valence-electron chi connectivity index (χ1n) is 8.69. The van der Waals surface area contributed by atoms with E-state index in [2.05, 4.69) is 19.2 Å². The summed E-state index contributed by atoms with van der Waals surface area (Å²) >= 11 is 0. The lowest BCUT2D eigenvalue weighted by Gasteiger charge is -2.13. The minimum atomic E-state index is -0.475. The van der Waals surface area contributed by atoms with E-state index in [-0.39, 0.29) is 11.6 Å². The van der Waals surface area contributed by atoms with Gasteiger partial charge in [0.1, 0.15) is 0 Å². The van der Waals surface area contributed by atoms with Crippen LogP contribution in [0.25, 0.3) is 0 Å². The van der Waals surface area contributed by atoms with Crippen LogP contribution in [0.5, 0.6) is 11.5 Å². The summed E-state index contributed by atoms with van der Waals surface area (Å²) in [6.07, 6.45) is 0.914. The maximum absolute atomic E-state index is 12.6. The van der Waals surface area contributed by atoms with Crippen molar-refractivity contribution in [2.75, 3.05) is 19.0 Å². The van der Waals surface area contributed by atoms with E-state index in [4.69, 9.17) is 9.47 Å². The Morgan fingerprint density at radius 2 is 1.96 bits per heavy atom. The van der Waals surface area contributed by atoms with E-state index in [1.165, 1.54) is 19.2 Å². The van der Waals surface area contributed by atoms with E-state index >= 15 is 0 Å². The molecule has 7 heteroatoms. The first-order valence-corrected chi connectivity index (χ1v) is 8.69. The quantitative estimate of drug-likeness (QED) is 0.541. The second-order valence-corrected chi connectivity index (χ2v) is 6.56. The number of hydrogen-bond acceptors (Lipinski definition) is 5. The summed E-state index contributed by atoms with van der Waals surface area (Å²) in [4.78, 5) is 23.1. The number of nitrogens with one attached hydrogen (secondary N) is 1. The molecule has 1 amide bonds. The SMILES string of the molecule is COc1cc(C(=O)Nc2cccc([N+](=O)[O-])c2C)ccc1OCCC(C)C. The normalized spacial score (nSPS) is 10.6. The number of hydrogen-bond donors (Lipinski definition) is 1. The molecule has 0 spiro atoms. The van der Waals surface area contributed by atoms with Crippen LogP contribution in [0.4, 0.5) is 11.4 Å². The zero-order chi connectivity index (χ0) is 20.0. The molecule has 0 aromatic heterocycles. The standard InChI is InChI=1S/C20H24N2O5/c1-13(2)10-11-27-18-9-8-15(12-19(18)26-4)20(23)21-16-6-5-7-17(14(16)3)22(24)25/h5-9,12-13H,10-11H2,1-4H3,(H,21,23). The predicted molar refractivity (Wildman–Crippen MR) is 104 cm³/mol. The van der Waals surface area contributed by atoms with Crippen molar-refractivity contribution >= 4 is 17.3 Å². The molecule has 0 saturated carbocycles. The second kappa shape index (κ2) is 9.02. The molecule has 27 heavy (non-hydrogen) atoms. The van der Waals surface area contributed by atoms with Gasteiger partial charge in [0, 0.05) is 11.6 Å². The van der Waals surface area contributed by atoms with Crippen molar-refractivity contribution in [1.82, 2.24) is 0 Å². The Bertz CT molecular complexity index is 833. The fourth-order valence-electron chi connectivity index (χ4n) is 2.48. The Balaban J connectivity index is 2.17. The van der Waals surface area contributed by atoms with Crippen molar-refractivity contribution in [3.05, 3.63) is 57.6 Å². The highest BCUT2D eigenvalue weighted by atomic mass is 16.6. The fourth-order valence-corrected chi connectivity index (χ4v) is 2.48. The fraction of sp³-hybridized carbons (Fsp3) is 0.350. The third-order valence-corrected chi connectivity index (χ3v) is 4.13. The van der Waals surface area contributed by atoms with E-state index in [0.29, 0.717) is 40.8 Å². The average molecular weight is 372 g/mol. The van der Waals surface area contributed by atoms with Gasteiger partial charge in [0.25, 0.3) is 11.6 Å². The van der Waals surface area contributed by atoms with Gasteiger partial charge in [-0.05, 0) is 43.5 Å². The highest BCUT2D eigenvalue weighted by molar-refractivity contribution is 6.05. The van der Waals surface area contributed by atoms with Crippen LogP contribution >= 0.6 is 0 Å². The van der Waals surface area contributed by atoms with Crippen molar-refractivity contribution in [2.24, 2.45) is 5.92 Å². The maximum atomic E-state index is 12.6. The van der Waals surface area contributed by atoms with Gasteiger partial charge >= 0.3 is 0 Å². The number of methoxy groups -OCH3 is 1. The number of nitro groups is 1. The van der Waals surface area contributed by atoms with Crippen molar-refractivity contribution in [3.8, 4) is 11.5 Å². The third kappa shape index (κ3) is 5.20. The van der Waals surface area contributed by atoms with Crippen LogP contribution < -0.4 is 14.8 Å². The van der Waals surface area contributed by atoms with Gasteiger partial charge in [-0.15, -0.1) is 0 Å². The molecule has 0 fully saturated rings. The lowest BCUT2D eigenvalue weighted by Crippen LogP contribution is -2.13. The molecular weight excluding hydrogens is 348 g/mol. The molecule has 2 aromatic rings. The average Bonchev–Trinajstić information content (AvgIpc) is 2.63. The number of carbonyl (C=O) groups is 1. The summed E-state index contributed by atoms with van der Waals surface area (Å²) in [6.45, 7) is 6.39. The van der Waals surface area contributed by atoms with Gasteiger partial charge < -0.3 is 14.8 Å². The summed E-state index contributed by atoms with van der Waals surface area (Å²) in [5.41, 5.74) is 1.12. The molecule has 7 nitrogen and oxygen atoms in total. The molecule has 0 unspecified atom stereocenters. The molecule has 144 valence electrons. The van der Waals surface area contributed by atoms with Crippen molar-refractivity contribution in [2.45, 2.75) is 27.2 Å². The number of nitrogens with zero attached hydrogens (tertiary/aromatic N) is 1. The maximum Gasteiger partial charge on any atom is 0.274 e. The lowest BCUT2D eigenvalue weighted by atomic mass is 10.1. The van der Waals surface area contributed by atoms with Gasteiger partial charge in [-0.25, -0.2) is 0 Å². The predicted octanol–water partition coefficient (Wildman–Crippen LogP) is 4.59. The van der Waals surface area contributed by atoms with E-state index in [9.17, 15) is 14.9 Å². The van der Waals surface area contributed by atoms with Gasteiger partial charge in [0.2, 0.25) is 0 Å². The van der Waals surface area contributed by atoms with Crippen molar-refractivity contribution in [3.63, 3.8) is 0 Å². The lowest BCUT2D eigenvalue weighted by molar-refractivity contribution is -0.385. The molecule has 0 aliphatic rings. The first kappa shape index (κ1) is 20.2. The molecule has 0 saturated heterocycles. The van der Waals surface area contributed by atoms with Crippen LogP contribution in [0.2, 0.25) is 0 Å². The zero-order valence-corrected chi connectivity index (χ0v) is 15.9. The molecular formula is C20H24N2O5. The second-order valence-electron chi connectivity index (χ2n) is 6.56. The number of rotatable bonds is 8. The largest absolute Gasteiger partial charge is 0.493 e. The van der Waals surface area contributed by atoms with E-state index in [1.807, 2.05) is 0 Å². The number of benzene rings is 2. The summed E-state index contributed by atoms with van der Waals surface area (Å²) in [7, 11) is 1.51. The van der Waals surface area contributed by atoms with Crippen molar-refractivity contribution in [1.29, 1.82) is 0 Å². The third-order valence-electron chi connectivity index (χ3n) is 4.13. The van der Waals surface area contributed by atoms with Gasteiger partial charge in [-0.2, -0.15) is 0 Å². The Kier molecular flexibility index (Phi) is 6.76. The van der Waals surface area contributed by atoms with E-state index < -0.39 is 4.92 Å². The highest BCUT2D eigenvalue weighted by Crippen LogP contribution is 2.30. The monoisotopic (exact) mass is 372 g/mol. The minimum absolute atomic E-state index is 0.0423.